The van der Waals surface area contributed by atoms with E-state index < -0.39 is 5.56 Å². The molecule has 0 spiro atoms. The number of ether oxygens (including phenoxy) is 2. The maximum Gasteiger partial charge on any atom is 0.281 e. The van der Waals surface area contributed by atoms with Crippen LogP contribution in [0, 0.1) is 18.3 Å². The number of rotatable bonds is 5. The number of hydrogen-bond acceptors (Lipinski definition) is 7. The fraction of sp³-hybridized carbons (Fsp3) is 0.400. The molecule has 1 saturated carbocycles. The molecule has 8 heteroatoms. The van der Waals surface area contributed by atoms with E-state index in [9.17, 15) is 15.2 Å². The number of azo groups is 1. The van der Waals surface area contributed by atoms with E-state index in [0.29, 0.717) is 22.7 Å². The zero-order chi connectivity index (χ0) is 20.3. The maximum absolute atomic E-state index is 13.0. The molecule has 0 unspecified atom stereocenters. The van der Waals surface area contributed by atoms with Gasteiger partial charge in [0.1, 0.15) is 28.8 Å². The first-order valence-electron chi connectivity index (χ1n) is 9.03. The molecule has 0 aliphatic heterocycles. The molecule has 28 heavy (non-hydrogen) atoms. The summed E-state index contributed by atoms with van der Waals surface area (Å²) in [6, 6.07) is 6.88. The van der Waals surface area contributed by atoms with Gasteiger partial charge in [0.2, 0.25) is 5.88 Å². The lowest BCUT2D eigenvalue weighted by atomic mass is 10.1. The van der Waals surface area contributed by atoms with Crippen LogP contribution in [0.2, 0.25) is 0 Å². The molecule has 0 atom stereocenters. The Morgan fingerprint density at radius 3 is 2.54 bits per heavy atom. The molecule has 8 nitrogen and oxygen atoms in total. The van der Waals surface area contributed by atoms with Crippen LogP contribution in [0.15, 0.2) is 33.2 Å². The van der Waals surface area contributed by atoms with Gasteiger partial charge in [-0.05, 0) is 31.9 Å². The highest BCUT2D eigenvalue weighted by atomic mass is 16.5. The summed E-state index contributed by atoms with van der Waals surface area (Å²) in [5.74, 6) is 0.751. The van der Waals surface area contributed by atoms with Crippen molar-refractivity contribution in [2.75, 3.05) is 14.2 Å². The van der Waals surface area contributed by atoms with Crippen molar-refractivity contribution in [2.45, 2.75) is 38.6 Å². The van der Waals surface area contributed by atoms with Gasteiger partial charge < -0.3 is 14.6 Å². The van der Waals surface area contributed by atoms with Gasteiger partial charge in [-0.1, -0.05) is 12.8 Å². The lowest BCUT2D eigenvalue weighted by Gasteiger charge is -2.18. The first kappa shape index (κ1) is 19.4. The highest BCUT2D eigenvalue weighted by Gasteiger charge is 2.26. The number of aromatic nitrogens is 1. The summed E-state index contributed by atoms with van der Waals surface area (Å²) in [5.41, 5.74) is 0.356. The van der Waals surface area contributed by atoms with E-state index in [2.05, 4.69) is 10.2 Å². The van der Waals surface area contributed by atoms with E-state index in [-0.39, 0.29) is 23.2 Å². The van der Waals surface area contributed by atoms with Crippen LogP contribution in [0.5, 0.6) is 17.4 Å². The number of methoxy groups -OCH3 is 2. The van der Waals surface area contributed by atoms with Gasteiger partial charge in [-0.15, -0.1) is 10.2 Å². The van der Waals surface area contributed by atoms with Crippen LogP contribution in [-0.2, 0) is 0 Å². The van der Waals surface area contributed by atoms with Crippen LogP contribution in [0.25, 0.3) is 0 Å². The van der Waals surface area contributed by atoms with E-state index in [1.165, 1.54) is 11.7 Å². The minimum atomic E-state index is -0.447. The average molecular weight is 382 g/mol. The topological polar surface area (TPSA) is 109 Å². The molecule has 1 aromatic heterocycles. The molecule has 0 saturated heterocycles. The van der Waals surface area contributed by atoms with Crippen LogP contribution in [0.1, 0.15) is 42.9 Å². The minimum Gasteiger partial charge on any atom is -0.497 e. The molecule has 1 aliphatic rings. The van der Waals surface area contributed by atoms with Crippen molar-refractivity contribution in [3.05, 3.63) is 39.7 Å². The molecule has 146 valence electrons. The van der Waals surface area contributed by atoms with E-state index in [1.807, 2.05) is 6.07 Å². The summed E-state index contributed by atoms with van der Waals surface area (Å²) in [5, 5.41) is 28.3. The maximum atomic E-state index is 13.0. The van der Waals surface area contributed by atoms with E-state index >= 15 is 0 Å². The second-order valence-electron chi connectivity index (χ2n) is 6.64. The van der Waals surface area contributed by atoms with Gasteiger partial charge in [-0.3, -0.25) is 9.36 Å². The summed E-state index contributed by atoms with van der Waals surface area (Å²) < 4.78 is 11.7. The smallest absolute Gasteiger partial charge is 0.281 e. The van der Waals surface area contributed by atoms with Crippen molar-refractivity contribution in [3.63, 3.8) is 0 Å². The number of nitrogens with zero attached hydrogens (tertiary/aromatic N) is 4. The molecule has 1 fully saturated rings. The fourth-order valence-electron chi connectivity index (χ4n) is 3.50. The lowest BCUT2D eigenvalue weighted by Crippen LogP contribution is -2.24. The molecule has 1 heterocycles. The minimum absolute atomic E-state index is 0.0409. The van der Waals surface area contributed by atoms with Crippen molar-refractivity contribution in [3.8, 4) is 23.4 Å². The lowest BCUT2D eigenvalue weighted by molar-refractivity contribution is 0.368. The normalized spacial score (nSPS) is 14.4. The Balaban J connectivity index is 2.12. The number of benzene rings is 1. The van der Waals surface area contributed by atoms with Crippen LogP contribution >= 0.6 is 0 Å². The van der Waals surface area contributed by atoms with Crippen LogP contribution in [0.3, 0.4) is 0 Å². The SMILES string of the molecule is COc1ccc(N=Nc2c(C)c(C#N)c(O)n(C3CCCC3)c2=O)c(OC)c1. The van der Waals surface area contributed by atoms with Crippen LogP contribution < -0.4 is 15.0 Å². The summed E-state index contributed by atoms with van der Waals surface area (Å²) in [4.78, 5) is 13.0. The second-order valence-corrected chi connectivity index (χ2v) is 6.64. The fourth-order valence-corrected chi connectivity index (χ4v) is 3.50. The van der Waals surface area contributed by atoms with Crippen molar-refractivity contribution >= 4 is 11.4 Å². The van der Waals surface area contributed by atoms with Crippen molar-refractivity contribution in [2.24, 2.45) is 10.2 Å². The summed E-state index contributed by atoms with van der Waals surface area (Å²) in [6.45, 7) is 1.58. The Morgan fingerprint density at radius 2 is 1.93 bits per heavy atom. The van der Waals surface area contributed by atoms with Gasteiger partial charge in [0.25, 0.3) is 5.56 Å². The molecule has 0 bridgehead atoms. The highest BCUT2D eigenvalue weighted by Crippen LogP contribution is 2.36. The van der Waals surface area contributed by atoms with Gasteiger partial charge in [0.15, 0.2) is 5.69 Å². The number of hydrogen-bond donors (Lipinski definition) is 1. The predicted octanol–water partition coefficient (Wildman–Crippen LogP) is 4.28. The molecule has 0 amide bonds. The third kappa shape index (κ3) is 3.43. The Morgan fingerprint density at radius 1 is 1.21 bits per heavy atom. The first-order chi connectivity index (χ1) is 13.5. The molecule has 0 radical (unpaired) electrons. The number of aromatic hydroxyl groups is 1. The van der Waals surface area contributed by atoms with E-state index in [1.54, 1.807) is 32.2 Å². The monoisotopic (exact) mass is 382 g/mol. The third-order valence-electron chi connectivity index (χ3n) is 5.05. The number of pyridine rings is 1. The van der Waals surface area contributed by atoms with E-state index in [4.69, 9.17) is 9.47 Å². The number of nitriles is 1. The quantitative estimate of drug-likeness (QED) is 0.776. The van der Waals surface area contributed by atoms with Gasteiger partial charge in [0, 0.05) is 17.7 Å². The molecular weight excluding hydrogens is 360 g/mol. The molecular formula is C20H22N4O4. The van der Waals surface area contributed by atoms with E-state index in [0.717, 1.165) is 25.7 Å². The predicted molar refractivity (Wildman–Crippen MR) is 103 cm³/mol. The van der Waals surface area contributed by atoms with Gasteiger partial charge in [-0.25, -0.2) is 0 Å². The van der Waals surface area contributed by atoms with Crippen LogP contribution in [0.4, 0.5) is 11.4 Å². The molecule has 2 aromatic rings. The first-order valence-corrected chi connectivity index (χ1v) is 9.03. The summed E-state index contributed by atoms with van der Waals surface area (Å²) >= 11 is 0. The van der Waals surface area contributed by atoms with Gasteiger partial charge >= 0.3 is 0 Å². The highest BCUT2D eigenvalue weighted by molar-refractivity contribution is 5.58. The standard InChI is InChI=1S/C20H22N4O4/c1-12-15(11-21)19(25)24(13-6-4-5-7-13)20(26)18(12)23-22-16-9-8-14(27-2)10-17(16)28-3/h8-10,13,25H,4-7H2,1-3H3. The molecule has 3 rings (SSSR count). The van der Waals surface area contributed by atoms with Gasteiger partial charge in [0.05, 0.1) is 14.2 Å². The van der Waals surface area contributed by atoms with Crippen molar-refractivity contribution in [1.82, 2.24) is 4.57 Å². The summed E-state index contributed by atoms with van der Waals surface area (Å²) in [6.07, 6.45) is 3.52. The molecule has 1 aromatic carbocycles. The molecule has 1 N–H and O–H groups in total. The van der Waals surface area contributed by atoms with Crippen LogP contribution in [-0.4, -0.2) is 23.9 Å². The second kappa shape index (κ2) is 8.13. The van der Waals surface area contributed by atoms with Crippen molar-refractivity contribution in [1.29, 1.82) is 5.26 Å². The zero-order valence-electron chi connectivity index (χ0n) is 16.1. The largest absolute Gasteiger partial charge is 0.497 e. The Labute approximate surface area is 162 Å². The Bertz CT molecular complexity index is 1010. The zero-order valence-corrected chi connectivity index (χ0v) is 16.1. The Kier molecular flexibility index (Phi) is 5.64. The third-order valence-corrected chi connectivity index (χ3v) is 5.05. The average Bonchev–Trinajstić information content (AvgIpc) is 3.22. The van der Waals surface area contributed by atoms with Crippen molar-refractivity contribution < 1.29 is 14.6 Å². The Hall–Kier alpha value is -3.34. The van der Waals surface area contributed by atoms with Gasteiger partial charge in [-0.2, -0.15) is 5.26 Å². The molecule has 1 aliphatic carbocycles. The summed E-state index contributed by atoms with van der Waals surface area (Å²) in [7, 11) is 3.05.